The molecule has 4 rings (SSSR count). The van der Waals surface area contributed by atoms with Gasteiger partial charge in [-0.15, -0.1) is 11.3 Å². The number of hydrogen-bond donors (Lipinski definition) is 2. The molecule has 5 nitrogen and oxygen atoms in total. The number of nitrogens with two attached hydrogens (primary N) is 1. The number of carbonyl (C=O) groups excluding carboxylic acids is 1. The molecule has 8 heteroatoms. The second kappa shape index (κ2) is 8.43. The molecule has 0 saturated heterocycles. The highest BCUT2D eigenvalue weighted by atomic mass is 32.1. The van der Waals surface area contributed by atoms with Gasteiger partial charge in [0.05, 0.1) is 5.56 Å². The zero-order valence-corrected chi connectivity index (χ0v) is 18.2. The molecule has 1 aromatic carbocycles. The van der Waals surface area contributed by atoms with Crippen molar-refractivity contribution in [3.05, 3.63) is 64.5 Å². The molecule has 3 atom stereocenters. The van der Waals surface area contributed by atoms with E-state index in [1.807, 2.05) is 6.21 Å². The van der Waals surface area contributed by atoms with E-state index in [1.165, 1.54) is 29.2 Å². The Bertz CT molecular complexity index is 1090. The van der Waals surface area contributed by atoms with Crippen LogP contribution in [0.1, 0.15) is 43.6 Å². The van der Waals surface area contributed by atoms with Crippen LogP contribution in [0.5, 0.6) is 0 Å². The smallest absolute Gasteiger partial charge is 0.274 e. The van der Waals surface area contributed by atoms with Gasteiger partial charge in [-0.1, -0.05) is 24.6 Å². The average molecular weight is 443 g/mol. The summed E-state index contributed by atoms with van der Waals surface area (Å²) in [7, 11) is 0. The number of amides is 1. The summed E-state index contributed by atoms with van der Waals surface area (Å²) < 4.78 is 28.2. The molecule has 2 aromatic rings. The third-order valence-corrected chi connectivity index (χ3v) is 6.99. The number of aliphatic imine (C=N–C) groups is 1. The molecule has 0 spiro atoms. The molecule has 2 heterocycles. The standard InChI is InChI=1S/C23H24F2N4OS/c1-13-8-14(10-15(26)9-13)23(2)6-7-27-11-19(23)29-21(30)18-12-31-22(28-18)20-16(24)4-3-5-17(20)25/h3-5,7,9,11-12,14-15H,6,8,10,26H2,1-2H3,(H,29,30). The monoisotopic (exact) mass is 442 g/mol. The van der Waals surface area contributed by atoms with E-state index in [4.69, 9.17) is 5.73 Å². The number of aromatic nitrogens is 1. The normalized spacial score (nSPS) is 25.7. The minimum Gasteiger partial charge on any atom is -0.324 e. The Balaban J connectivity index is 1.56. The summed E-state index contributed by atoms with van der Waals surface area (Å²) in [5.41, 5.74) is 7.72. The summed E-state index contributed by atoms with van der Waals surface area (Å²) in [4.78, 5) is 21.4. The van der Waals surface area contributed by atoms with Gasteiger partial charge in [0, 0.05) is 34.9 Å². The SMILES string of the molecule is CC1=CC(N)CC(C2(C)CC=NC=C2NC(=O)c2csc(-c3c(F)cccc3F)n2)C1. The van der Waals surface area contributed by atoms with E-state index in [0.29, 0.717) is 12.1 Å². The molecular formula is C23H24F2N4OS. The Hall–Kier alpha value is -2.71. The maximum Gasteiger partial charge on any atom is 0.274 e. The summed E-state index contributed by atoms with van der Waals surface area (Å²) in [5.74, 6) is -1.60. The van der Waals surface area contributed by atoms with Crippen molar-refractivity contribution in [2.45, 2.75) is 39.2 Å². The van der Waals surface area contributed by atoms with Crippen LogP contribution in [0.2, 0.25) is 0 Å². The first-order valence-corrected chi connectivity index (χ1v) is 11.0. The predicted molar refractivity (Wildman–Crippen MR) is 119 cm³/mol. The topological polar surface area (TPSA) is 80.4 Å². The number of hydrogen-bond acceptors (Lipinski definition) is 5. The fraction of sp³-hybridized carbons (Fsp3) is 0.348. The van der Waals surface area contributed by atoms with Crippen LogP contribution in [0, 0.1) is 23.0 Å². The molecule has 1 aromatic heterocycles. The van der Waals surface area contributed by atoms with Crippen LogP contribution in [-0.4, -0.2) is 23.1 Å². The van der Waals surface area contributed by atoms with Gasteiger partial charge in [-0.2, -0.15) is 0 Å². The first kappa shape index (κ1) is 21.5. The number of nitrogens with one attached hydrogen (secondary N) is 1. The van der Waals surface area contributed by atoms with E-state index in [2.05, 4.69) is 35.2 Å². The van der Waals surface area contributed by atoms with Crippen molar-refractivity contribution >= 4 is 23.5 Å². The van der Waals surface area contributed by atoms with E-state index in [-0.39, 0.29) is 33.6 Å². The van der Waals surface area contributed by atoms with Crippen LogP contribution in [-0.2, 0) is 0 Å². The van der Waals surface area contributed by atoms with Gasteiger partial charge in [0.25, 0.3) is 5.91 Å². The number of allylic oxidation sites excluding steroid dienone is 2. The maximum atomic E-state index is 14.1. The molecule has 1 aliphatic carbocycles. The Morgan fingerprint density at radius 2 is 2.06 bits per heavy atom. The molecule has 0 bridgehead atoms. The van der Waals surface area contributed by atoms with E-state index in [0.717, 1.165) is 24.2 Å². The van der Waals surface area contributed by atoms with Crippen LogP contribution >= 0.6 is 11.3 Å². The van der Waals surface area contributed by atoms with Crippen LogP contribution in [0.3, 0.4) is 0 Å². The van der Waals surface area contributed by atoms with Crippen molar-refractivity contribution in [3.8, 4) is 10.6 Å². The molecule has 3 unspecified atom stereocenters. The summed E-state index contributed by atoms with van der Waals surface area (Å²) in [6.07, 6.45) is 8.03. The van der Waals surface area contributed by atoms with Gasteiger partial charge in [0.15, 0.2) is 0 Å². The van der Waals surface area contributed by atoms with E-state index in [1.54, 1.807) is 6.20 Å². The molecule has 1 aliphatic heterocycles. The van der Waals surface area contributed by atoms with Crippen LogP contribution in [0.25, 0.3) is 10.6 Å². The number of thiazole rings is 1. The quantitative estimate of drug-likeness (QED) is 0.666. The third-order valence-electron chi connectivity index (χ3n) is 6.13. The number of benzene rings is 1. The predicted octanol–water partition coefficient (Wildman–Crippen LogP) is 4.82. The van der Waals surface area contributed by atoms with Gasteiger partial charge >= 0.3 is 0 Å². The van der Waals surface area contributed by atoms with Gasteiger partial charge in [-0.3, -0.25) is 9.79 Å². The Kier molecular flexibility index (Phi) is 5.85. The van der Waals surface area contributed by atoms with E-state index in [9.17, 15) is 13.6 Å². The number of halogens is 2. The van der Waals surface area contributed by atoms with Crippen molar-refractivity contribution < 1.29 is 13.6 Å². The number of rotatable bonds is 4. The highest BCUT2D eigenvalue weighted by molar-refractivity contribution is 7.13. The third kappa shape index (κ3) is 4.22. The molecule has 162 valence electrons. The van der Waals surface area contributed by atoms with Crippen molar-refractivity contribution in [1.82, 2.24) is 10.3 Å². The van der Waals surface area contributed by atoms with Crippen LogP contribution in [0.15, 0.2) is 52.1 Å². The molecular weight excluding hydrogens is 418 g/mol. The number of nitrogens with zero attached hydrogens (tertiary/aromatic N) is 2. The largest absolute Gasteiger partial charge is 0.324 e. The molecule has 0 fully saturated rings. The van der Waals surface area contributed by atoms with Gasteiger partial charge in [0.1, 0.15) is 22.3 Å². The van der Waals surface area contributed by atoms with Crippen LogP contribution in [0.4, 0.5) is 8.78 Å². The lowest BCUT2D eigenvalue weighted by Gasteiger charge is -2.42. The lowest BCUT2D eigenvalue weighted by molar-refractivity contribution is 0.0938. The minimum atomic E-state index is -0.713. The molecule has 1 amide bonds. The summed E-state index contributed by atoms with van der Waals surface area (Å²) in [6.45, 7) is 4.19. The van der Waals surface area contributed by atoms with E-state index >= 15 is 0 Å². The molecule has 0 radical (unpaired) electrons. The zero-order chi connectivity index (χ0) is 22.2. The van der Waals surface area contributed by atoms with Gasteiger partial charge in [-0.05, 0) is 44.2 Å². The Morgan fingerprint density at radius 3 is 2.77 bits per heavy atom. The maximum absolute atomic E-state index is 14.1. The van der Waals surface area contributed by atoms with Gasteiger partial charge < -0.3 is 11.1 Å². The Morgan fingerprint density at radius 1 is 1.32 bits per heavy atom. The van der Waals surface area contributed by atoms with Crippen molar-refractivity contribution in [2.24, 2.45) is 22.1 Å². The van der Waals surface area contributed by atoms with E-state index < -0.39 is 17.5 Å². The molecule has 3 N–H and O–H groups in total. The molecule has 2 aliphatic rings. The van der Waals surface area contributed by atoms with Crippen LogP contribution < -0.4 is 11.1 Å². The van der Waals surface area contributed by atoms with Crippen molar-refractivity contribution in [2.75, 3.05) is 0 Å². The molecule has 0 saturated carbocycles. The summed E-state index contributed by atoms with van der Waals surface area (Å²) in [6, 6.07) is 3.62. The highest BCUT2D eigenvalue weighted by Crippen LogP contribution is 2.45. The fourth-order valence-electron chi connectivity index (χ4n) is 4.36. The first-order valence-electron chi connectivity index (χ1n) is 10.1. The van der Waals surface area contributed by atoms with Gasteiger partial charge in [0.2, 0.25) is 0 Å². The fourth-order valence-corrected chi connectivity index (χ4v) is 5.20. The minimum absolute atomic E-state index is 0.0110. The summed E-state index contributed by atoms with van der Waals surface area (Å²) >= 11 is 1.02. The molecule has 31 heavy (non-hydrogen) atoms. The zero-order valence-electron chi connectivity index (χ0n) is 17.4. The summed E-state index contributed by atoms with van der Waals surface area (Å²) in [5, 5.41) is 4.58. The Labute approximate surface area is 183 Å². The lowest BCUT2D eigenvalue weighted by atomic mass is 9.65. The first-order chi connectivity index (χ1) is 14.8. The number of carbonyl (C=O) groups is 1. The average Bonchev–Trinajstić information content (AvgIpc) is 3.19. The highest BCUT2D eigenvalue weighted by Gasteiger charge is 2.41. The van der Waals surface area contributed by atoms with Crippen molar-refractivity contribution in [1.29, 1.82) is 0 Å². The second-order valence-corrected chi connectivity index (χ2v) is 9.26. The van der Waals surface area contributed by atoms with Gasteiger partial charge in [-0.25, -0.2) is 13.8 Å². The lowest BCUT2D eigenvalue weighted by Crippen LogP contribution is -2.43. The van der Waals surface area contributed by atoms with Crippen molar-refractivity contribution in [3.63, 3.8) is 0 Å². The second-order valence-electron chi connectivity index (χ2n) is 8.40.